The molecule has 1 saturated carbocycles. The first kappa shape index (κ1) is 22.6. The molecule has 0 amide bonds. The fraction of sp³-hybridized carbons (Fsp3) is 0.550. The van der Waals surface area contributed by atoms with Gasteiger partial charge in [0.1, 0.15) is 0 Å². The molecule has 2 N–H and O–H groups in total. The first-order valence-corrected chi connectivity index (χ1v) is 12.0. The third kappa shape index (κ3) is 4.49. The van der Waals surface area contributed by atoms with E-state index in [0.717, 1.165) is 36.5 Å². The molecular formula is C20H28Cl2N4O2S. The Hall–Kier alpha value is -1.12. The van der Waals surface area contributed by atoms with Gasteiger partial charge in [-0.05, 0) is 56.0 Å². The molecule has 0 spiro atoms. The molecule has 2 aliphatic rings. The van der Waals surface area contributed by atoms with Crippen molar-refractivity contribution in [3.05, 3.63) is 52.3 Å². The highest BCUT2D eigenvalue weighted by molar-refractivity contribution is 7.89. The molecule has 1 aliphatic heterocycles. The van der Waals surface area contributed by atoms with Crippen LogP contribution in [0.5, 0.6) is 0 Å². The Labute approximate surface area is 183 Å². The van der Waals surface area contributed by atoms with Crippen LogP contribution in [-0.2, 0) is 28.4 Å². The van der Waals surface area contributed by atoms with Crippen molar-refractivity contribution in [2.24, 2.45) is 0 Å². The van der Waals surface area contributed by atoms with Gasteiger partial charge in [-0.15, -0.1) is 12.4 Å². The van der Waals surface area contributed by atoms with Gasteiger partial charge >= 0.3 is 0 Å². The molecule has 2 heterocycles. The molecule has 29 heavy (non-hydrogen) atoms. The van der Waals surface area contributed by atoms with E-state index < -0.39 is 10.0 Å². The largest absolute Gasteiger partial charge is 0.307 e. The lowest BCUT2D eigenvalue weighted by atomic mass is 9.58. The Bertz CT molecular complexity index is 940. The Kier molecular flexibility index (Phi) is 6.95. The average molecular weight is 459 g/mol. The zero-order valence-corrected chi connectivity index (χ0v) is 18.9. The second kappa shape index (κ2) is 8.94. The Morgan fingerprint density at radius 1 is 1.31 bits per heavy atom. The van der Waals surface area contributed by atoms with Crippen molar-refractivity contribution < 1.29 is 8.42 Å². The van der Waals surface area contributed by atoms with Crippen molar-refractivity contribution in [2.45, 2.75) is 50.6 Å². The fourth-order valence-electron chi connectivity index (χ4n) is 4.43. The summed E-state index contributed by atoms with van der Waals surface area (Å²) in [5.74, 6) is 0.0954. The summed E-state index contributed by atoms with van der Waals surface area (Å²) in [6.07, 6.45) is 6.51. The predicted molar refractivity (Wildman–Crippen MR) is 118 cm³/mol. The van der Waals surface area contributed by atoms with Crippen molar-refractivity contribution in [1.82, 2.24) is 19.8 Å². The van der Waals surface area contributed by atoms with Gasteiger partial charge in [-0.25, -0.2) is 13.1 Å². The SMILES string of the molecule is CCS(=O)(=O)NCCn1cc2c(n1)C(C1(c3ccc(Cl)cc3)CCC1)NCC2.Cl. The van der Waals surface area contributed by atoms with Crippen molar-refractivity contribution in [1.29, 1.82) is 0 Å². The van der Waals surface area contributed by atoms with E-state index in [4.69, 9.17) is 16.7 Å². The van der Waals surface area contributed by atoms with E-state index in [-0.39, 0.29) is 29.6 Å². The number of halogens is 2. The number of rotatable bonds is 7. The summed E-state index contributed by atoms with van der Waals surface area (Å²) in [4.78, 5) is 0. The average Bonchev–Trinajstić information content (AvgIpc) is 3.06. The van der Waals surface area contributed by atoms with Crippen molar-refractivity contribution >= 4 is 34.0 Å². The highest BCUT2D eigenvalue weighted by Gasteiger charge is 2.48. The summed E-state index contributed by atoms with van der Waals surface area (Å²) in [5, 5.41) is 9.33. The Morgan fingerprint density at radius 3 is 2.66 bits per heavy atom. The molecular weight excluding hydrogens is 431 g/mol. The number of fused-ring (bicyclic) bond motifs is 1. The second-order valence-electron chi connectivity index (χ2n) is 7.75. The molecule has 1 aromatic heterocycles. The molecule has 160 valence electrons. The normalized spacial score (nSPS) is 20.4. The third-order valence-electron chi connectivity index (χ3n) is 6.15. The quantitative estimate of drug-likeness (QED) is 0.667. The molecule has 1 unspecified atom stereocenters. The van der Waals surface area contributed by atoms with Crippen LogP contribution in [0.25, 0.3) is 0 Å². The van der Waals surface area contributed by atoms with E-state index >= 15 is 0 Å². The van der Waals surface area contributed by atoms with Gasteiger partial charge in [0.05, 0.1) is 24.0 Å². The minimum absolute atomic E-state index is 0. The first-order valence-electron chi connectivity index (χ1n) is 9.96. The van der Waals surface area contributed by atoms with Gasteiger partial charge in [0.2, 0.25) is 10.0 Å². The maximum atomic E-state index is 11.6. The first-order chi connectivity index (χ1) is 13.4. The number of aromatic nitrogens is 2. The van der Waals surface area contributed by atoms with E-state index in [0.29, 0.717) is 13.1 Å². The lowest BCUT2D eigenvalue weighted by Gasteiger charge is -2.49. The maximum absolute atomic E-state index is 11.6. The summed E-state index contributed by atoms with van der Waals surface area (Å²) in [6.45, 7) is 3.46. The zero-order valence-electron chi connectivity index (χ0n) is 16.5. The molecule has 2 aromatic rings. The van der Waals surface area contributed by atoms with Crippen LogP contribution < -0.4 is 10.0 Å². The molecule has 6 nitrogen and oxygen atoms in total. The lowest BCUT2D eigenvalue weighted by Crippen LogP contribution is -2.49. The highest BCUT2D eigenvalue weighted by atomic mass is 35.5. The monoisotopic (exact) mass is 458 g/mol. The minimum atomic E-state index is -3.17. The predicted octanol–water partition coefficient (Wildman–Crippen LogP) is 3.21. The standard InChI is InChI=1S/C20H27ClN4O2S.ClH/c1-2-28(26,27)23-12-13-25-14-15-8-11-22-19(18(15)24-25)20(9-3-10-20)16-4-6-17(21)7-5-16;/h4-7,14,19,22-23H,2-3,8-13H2,1H3;1H. The van der Waals surface area contributed by atoms with Gasteiger partial charge in [0.15, 0.2) is 0 Å². The van der Waals surface area contributed by atoms with Crippen LogP contribution in [0.15, 0.2) is 30.5 Å². The van der Waals surface area contributed by atoms with Crippen LogP contribution >= 0.6 is 24.0 Å². The molecule has 1 aromatic carbocycles. The molecule has 0 saturated heterocycles. The van der Waals surface area contributed by atoms with E-state index in [1.54, 1.807) is 6.92 Å². The fourth-order valence-corrected chi connectivity index (χ4v) is 5.17. The number of sulfonamides is 1. The van der Waals surface area contributed by atoms with Crippen molar-refractivity contribution in [2.75, 3.05) is 18.8 Å². The van der Waals surface area contributed by atoms with E-state index in [9.17, 15) is 8.42 Å². The summed E-state index contributed by atoms with van der Waals surface area (Å²) >= 11 is 6.10. The van der Waals surface area contributed by atoms with Gasteiger partial charge < -0.3 is 5.32 Å². The summed E-state index contributed by atoms with van der Waals surface area (Å²) < 4.78 is 27.8. The highest BCUT2D eigenvalue weighted by Crippen LogP contribution is 2.53. The van der Waals surface area contributed by atoms with Crippen LogP contribution in [0.1, 0.15) is 49.0 Å². The van der Waals surface area contributed by atoms with Crippen LogP contribution in [0.3, 0.4) is 0 Å². The Morgan fingerprint density at radius 2 is 2.03 bits per heavy atom. The minimum Gasteiger partial charge on any atom is -0.307 e. The van der Waals surface area contributed by atoms with Crippen LogP contribution in [0.4, 0.5) is 0 Å². The summed E-state index contributed by atoms with van der Waals surface area (Å²) in [6, 6.07) is 8.42. The molecule has 4 rings (SSSR count). The zero-order chi connectivity index (χ0) is 19.8. The molecule has 0 radical (unpaired) electrons. The number of nitrogens with one attached hydrogen (secondary N) is 2. The molecule has 1 aliphatic carbocycles. The Balaban J connectivity index is 0.00000240. The van der Waals surface area contributed by atoms with Gasteiger partial charge in [0.25, 0.3) is 0 Å². The third-order valence-corrected chi connectivity index (χ3v) is 7.80. The van der Waals surface area contributed by atoms with Gasteiger partial charge in [0, 0.05) is 23.2 Å². The molecule has 1 fully saturated rings. The second-order valence-corrected chi connectivity index (χ2v) is 10.3. The van der Waals surface area contributed by atoms with E-state index in [2.05, 4.69) is 28.4 Å². The smallest absolute Gasteiger partial charge is 0.211 e. The topological polar surface area (TPSA) is 76.0 Å². The summed E-state index contributed by atoms with van der Waals surface area (Å²) in [7, 11) is -3.17. The van der Waals surface area contributed by atoms with E-state index in [1.807, 2.05) is 16.8 Å². The van der Waals surface area contributed by atoms with Crippen molar-refractivity contribution in [3.8, 4) is 0 Å². The number of nitrogens with zero attached hydrogens (tertiary/aromatic N) is 2. The van der Waals surface area contributed by atoms with Crippen LogP contribution in [0.2, 0.25) is 5.02 Å². The van der Waals surface area contributed by atoms with Gasteiger partial charge in [-0.2, -0.15) is 5.10 Å². The lowest BCUT2D eigenvalue weighted by molar-refractivity contribution is 0.161. The van der Waals surface area contributed by atoms with Crippen LogP contribution in [0, 0.1) is 0 Å². The van der Waals surface area contributed by atoms with Gasteiger partial charge in [-0.3, -0.25) is 4.68 Å². The molecule has 0 bridgehead atoms. The number of hydrogen-bond donors (Lipinski definition) is 2. The molecule has 1 atom stereocenters. The van der Waals surface area contributed by atoms with E-state index in [1.165, 1.54) is 17.5 Å². The number of benzene rings is 1. The number of hydrogen-bond acceptors (Lipinski definition) is 4. The summed E-state index contributed by atoms with van der Waals surface area (Å²) in [5.41, 5.74) is 3.75. The maximum Gasteiger partial charge on any atom is 0.211 e. The van der Waals surface area contributed by atoms with Crippen LogP contribution in [-0.4, -0.2) is 37.0 Å². The molecule has 9 heteroatoms. The van der Waals surface area contributed by atoms with Gasteiger partial charge in [-0.1, -0.05) is 30.2 Å². The van der Waals surface area contributed by atoms with Crippen molar-refractivity contribution in [3.63, 3.8) is 0 Å².